The summed E-state index contributed by atoms with van der Waals surface area (Å²) in [6.45, 7) is 5.10. The number of aryl methyl sites for hydroxylation is 1. The Morgan fingerprint density at radius 3 is 2.66 bits per heavy atom. The second-order valence-electron chi connectivity index (χ2n) is 8.70. The number of amides is 2. The van der Waals surface area contributed by atoms with Crippen LogP contribution in [0.3, 0.4) is 0 Å². The number of fused-ring (bicyclic) bond motifs is 1. The average molecular weight is 448 g/mol. The van der Waals surface area contributed by atoms with E-state index in [1.807, 2.05) is 0 Å². The summed E-state index contributed by atoms with van der Waals surface area (Å²) in [5, 5.41) is 37.1. The summed E-state index contributed by atoms with van der Waals surface area (Å²) in [5.41, 5.74) is -0.140. The van der Waals surface area contributed by atoms with E-state index in [-0.39, 0.29) is 12.2 Å². The van der Waals surface area contributed by atoms with Gasteiger partial charge in [0.05, 0.1) is 24.3 Å². The summed E-state index contributed by atoms with van der Waals surface area (Å²) in [7, 11) is 0. The lowest BCUT2D eigenvalue weighted by Crippen LogP contribution is -2.54. The van der Waals surface area contributed by atoms with Crippen molar-refractivity contribution in [3.8, 4) is 6.07 Å². The number of unbranched alkanes of at least 4 members (excludes halogenated alkanes) is 2. The van der Waals surface area contributed by atoms with Crippen LogP contribution in [0.5, 0.6) is 0 Å². The number of aliphatic hydroxyl groups is 2. The Labute approximate surface area is 186 Å². The molecular weight excluding hydrogens is 417 g/mol. The van der Waals surface area contributed by atoms with E-state index in [0.717, 1.165) is 0 Å². The summed E-state index contributed by atoms with van der Waals surface area (Å²) >= 11 is 0. The molecule has 0 saturated heterocycles. The molecule has 4 N–H and O–H groups in total. The number of aliphatic hydroxyl groups excluding tert-OH is 2. The zero-order valence-corrected chi connectivity index (χ0v) is 18.6. The Bertz CT molecular complexity index is 993. The van der Waals surface area contributed by atoms with E-state index < -0.39 is 41.8 Å². The quantitative estimate of drug-likeness (QED) is 0.407. The number of hydrogen-bond acceptors (Lipinski definition) is 6. The van der Waals surface area contributed by atoms with E-state index in [9.17, 15) is 19.1 Å². The third kappa shape index (κ3) is 6.48. The molecule has 9 nitrogen and oxygen atoms in total. The van der Waals surface area contributed by atoms with Crippen molar-refractivity contribution in [3.05, 3.63) is 29.7 Å². The summed E-state index contributed by atoms with van der Waals surface area (Å²) in [6, 6.07) is 5.14. The number of hydrogen-bond donors (Lipinski definition) is 4. The number of halogens is 1. The number of rotatable bonds is 10. The highest BCUT2D eigenvalue weighted by Crippen LogP contribution is 2.23. The van der Waals surface area contributed by atoms with Crippen molar-refractivity contribution in [3.63, 3.8) is 0 Å². The predicted molar refractivity (Wildman–Crippen MR) is 116 cm³/mol. The highest BCUT2D eigenvalue weighted by atomic mass is 19.1. The van der Waals surface area contributed by atoms with Crippen LogP contribution in [0.4, 0.5) is 4.39 Å². The van der Waals surface area contributed by atoms with Crippen molar-refractivity contribution in [2.24, 2.45) is 5.41 Å². The van der Waals surface area contributed by atoms with Gasteiger partial charge in [0.1, 0.15) is 11.9 Å². The summed E-state index contributed by atoms with van der Waals surface area (Å²) < 4.78 is 15.4. The van der Waals surface area contributed by atoms with Gasteiger partial charge in [-0.2, -0.15) is 10.4 Å². The fourth-order valence-electron chi connectivity index (χ4n) is 3.21. The minimum atomic E-state index is -1.11. The molecule has 0 saturated carbocycles. The lowest BCUT2D eigenvalue weighted by atomic mass is 9.86. The van der Waals surface area contributed by atoms with Gasteiger partial charge in [0.15, 0.2) is 5.69 Å². The molecule has 0 unspecified atom stereocenters. The van der Waals surface area contributed by atoms with Gasteiger partial charge in [-0.15, -0.1) is 0 Å². The van der Waals surface area contributed by atoms with Gasteiger partial charge in [0.25, 0.3) is 5.91 Å². The SMILES string of the molecule is CC(C)(C)[C@H](NC(=O)c1nn(CCCCC#N)c2cc(F)ccc12)C(=O)NC[C@@H](O)CO. The third-order valence-electron chi connectivity index (χ3n) is 4.96. The van der Waals surface area contributed by atoms with Crippen molar-refractivity contribution in [2.45, 2.75) is 58.7 Å². The molecule has 32 heavy (non-hydrogen) atoms. The fourth-order valence-corrected chi connectivity index (χ4v) is 3.21. The lowest BCUT2D eigenvalue weighted by molar-refractivity contribution is -0.125. The summed E-state index contributed by atoms with van der Waals surface area (Å²) in [6.07, 6.45) is 0.586. The number of carbonyl (C=O) groups is 2. The molecule has 174 valence electrons. The molecule has 0 bridgehead atoms. The molecule has 1 aromatic carbocycles. The molecule has 2 atom stereocenters. The van der Waals surface area contributed by atoms with E-state index in [4.69, 9.17) is 10.4 Å². The molecule has 2 rings (SSSR count). The van der Waals surface area contributed by atoms with Crippen molar-refractivity contribution in [1.82, 2.24) is 20.4 Å². The van der Waals surface area contributed by atoms with E-state index in [1.54, 1.807) is 20.8 Å². The van der Waals surface area contributed by atoms with Crippen LogP contribution in [0.2, 0.25) is 0 Å². The smallest absolute Gasteiger partial charge is 0.273 e. The molecule has 1 heterocycles. The van der Waals surface area contributed by atoms with E-state index in [0.29, 0.717) is 36.7 Å². The van der Waals surface area contributed by atoms with Gasteiger partial charge in [-0.25, -0.2) is 4.39 Å². The van der Waals surface area contributed by atoms with Crippen LogP contribution in [0.15, 0.2) is 18.2 Å². The molecule has 0 radical (unpaired) electrons. The fraction of sp³-hybridized carbons (Fsp3) is 0.545. The average Bonchev–Trinajstić information content (AvgIpc) is 3.09. The first-order valence-electron chi connectivity index (χ1n) is 10.5. The minimum absolute atomic E-state index is 0.0673. The Hall–Kier alpha value is -3.03. The predicted octanol–water partition coefficient (Wildman–Crippen LogP) is 1.48. The van der Waals surface area contributed by atoms with Gasteiger partial charge in [0, 0.05) is 24.9 Å². The first kappa shape index (κ1) is 25.2. The van der Waals surface area contributed by atoms with Crippen LogP contribution in [-0.4, -0.2) is 57.1 Å². The second-order valence-corrected chi connectivity index (χ2v) is 8.70. The van der Waals surface area contributed by atoms with Crippen molar-refractivity contribution in [2.75, 3.05) is 13.2 Å². The van der Waals surface area contributed by atoms with Crippen molar-refractivity contribution < 1.29 is 24.2 Å². The van der Waals surface area contributed by atoms with Gasteiger partial charge in [-0.3, -0.25) is 14.3 Å². The zero-order valence-electron chi connectivity index (χ0n) is 18.6. The van der Waals surface area contributed by atoms with Gasteiger partial charge in [-0.05, 0) is 36.5 Å². The van der Waals surface area contributed by atoms with Gasteiger partial charge < -0.3 is 20.8 Å². The van der Waals surface area contributed by atoms with Gasteiger partial charge >= 0.3 is 0 Å². The molecule has 0 aliphatic rings. The Morgan fingerprint density at radius 2 is 2.03 bits per heavy atom. The highest BCUT2D eigenvalue weighted by molar-refractivity contribution is 6.06. The Morgan fingerprint density at radius 1 is 1.31 bits per heavy atom. The van der Waals surface area contributed by atoms with E-state index >= 15 is 0 Å². The summed E-state index contributed by atoms with van der Waals surface area (Å²) in [5.74, 6) is -1.56. The van der Waals surface area contributed by atoms with Crippen LogP contribution in [0.1, 0.15) is 50.5 Å². The third-order valence-corrected chi connectivity index (χ3v) is 4.96. The molecule has 0 aliphatic heterocycles. The standard InChI is InChI=1S/C22H30FN5O4/c1-22(2,3)19(21(32)25-12-15(30)13-29)26-20(31)18-16-8-7-14(23)11-17(16)28(27-18)10-6-4-5-9-24/h7-8,11,15,19,29-30H,4-6,10,12-13H2,1-3H3,(H,25,32)(H,26,31)/t15-,19-/m1/s1. The molecule has 0 aliphatic carbocycles. The second kappa shape index (κ2) is 11.0. The molecule has 10 heteroatoms. The van der Waals surface area contributed by atoms with Crippen molar-refractivity contribution in [1.29, 1.82) is 5.26 Å². The van der Waals surface area contributed by atoms with Crippen LogP contribution >= 0.6 is 0 Å². The number of aromatic nitrogens is 2. The normalized spacial score (nSPS) is 13.4. The topological polar surface area (TPSA) is 140 Å². The van der Waals surface area contributed by atoms with Crippen LogP contribution in [-0.2, 0) is 11.3 Å². The van der Waals surface area contributed by atoms with Crippen LogP contribution in [0.25, 0.3) is 10.9 Å². The van der Waals surface area contributed by atoms with Crippen LogP contribution < -0.4 is 10.6 Å². The maximum atomic E-state index is 13.8. The van der Waals surface area contributed by atoms with Crippen molar-refractivity contribution >= 4 is 22.7 Å². The summed E-state index contributed by atoms with van der Waals surface area (Å²) in [4.78, 5) is 25.8. The number of nitrogens with one attached hydrogen (secondary N) is 2. The molecule has 0 spiro atoms. The van der Waals surface area contributed by atoms with E-state index in [1.165, 1.54) is 22.9 Å². The molecule has 1 aromatic heterocycles. The van der Waals surface area contributed by atoms with E-state index in [2.05, 4.69) is 21.8 Å². The zero-order chi connectivity index (χ0) is 23.9. The van der Waals surface area contributed by atoms with Gasteiger partial charge in [-0.1, -0.05) is 20.8 Å². The molecule has 0 fully saturated rings. The minimum Gasteiger partial charge on any atom is -0.394 e. The van der Waals surface area contributed by atoms with Crippen LogP contribution in [0, 0.1) is 22.6 Å². The monoisotopic (exact) mass is 447 g/mol. The Kier molecular flexibility index (Phi) is 8.69. The molecule has 2 amide bonds. The maximum Gasteiger partial charge on any atom is 0.273 e. The molecular formula is C22H30FN5O4. The molecule has 2 aromatic rings. The number of nitriles is 1. The number of carbonyl (C=O) groups excluding carboxylic acids is 2. The number of nitrogens with zero attached hydrogens (tertiary/aromatic N) is 3. The Balaban J connectivity index is 2.28. The first-order chi connectivity index (χ1) is 15.1. The highest BCUT2D eigenvalue weighted by Gasteiger charge is 2.34. The van der Waals surface area contributed by atoms with Gasteiger partial charge in [0.2, 0.25) is 5.91 Å². The lowest BCUT2D eigenvalue weighted by Gasteiger charge is -2.30. The largest absolute Gasteiger partial charge is 0.394 e. The maximum absolute atomic E-state index is 13.8. The first-order valence-corrected chi connectivity index (χ1v) is 10.5. The number of benzene rings is 1.